The third-order valence-electron chi connectivity index (χ3n) is 6.19. The first kappa shape index (κ1) is 24.8. The van der Waals surface area contributed by atoms with E-state index in [9.17, 15) is 13.5 Å². The van der Waals surface area contributed by atoms with E-state index in [1.807, 2.05) is 19.9 Å². The van der Waals surface area contributed by atoms with E-state index in [1.165, 1.54) is 10.5 Å². The maximum Gasteiger partial charge on any atom is 0.211 e. The van der Waals surface area contributed by atoms with Crippen LogP contribution in [0.15, 0.2) is 36.9 Å². The molecule has 1 saturated heterocycles. The zero-order chi connectivity index (χ0) is 26.3. The standard InChI is InChI=1S/C23H26N10O3S/c1-14(2)28-18-7-22(33-23-16(10-27-33)6-15(8-24)9-26-23)25-11-17(18)19-12-32(30-29-19)20-4-5-31(13-21(20)34)37(3,35)36/h6-7,9-12,14,20-21,34H,4-5,13H2,1-3H3,(H,25,28)/t20-,21+/m0/s1. The largest absolute Gasteiger partial charge is 0.390 e. The number of hydrogen-bond acceptors (Lipinski definition) is 10. The normalized spacial score (nSPS) is 18.8. The van der Waals surface area contributed by atoms with E-state index in [2.05, 4.69) is 36.8 Å². The summed E-state index contributed by atoms with van der Waals surface area (Å²) >= 11 is 0. The van der Waals surface area contributed by atoms with Gasteiger partial charge in [0.25, 0.3) is 0 Å². The van der Waals surface area contributed by atoms with Gasteiger partial charge in [0.15, 0.2) is 11.5 Å². The van der Waals surface area contributed by atoms with Gasteiger partial charge in [0.2, 0.25) is 10.0 Å². The highest BCUT2D eigenvalue weighted by molar-refractivity contribution is 7.88. The molecule has 0 spiro atoms. The second kappa shape index (κ2) is 9.51. The average molecular weight is 523 g/mol. The van der Waals surface area contributed by atoms with E-state index in [1.54, 1.807) is 34.0 Å². The Morgan fingerprint density at radius 2 is 2.03 bits per heavy atom. The van der Waals surface area contributed by atoms with Crippen molar-refractivity contribution in [3.8, 4) is 23.1 Å². The summed E-state index contributed by atoms with van der Waals surface area (Å²) in [5, 5.41) is 36.9. The number of nitrogens with zero attached hydrogens (tertiary/aromatic N) is 9. The molecule has 13 nitrogen and oxygen atoms in total. The minimum absolute atomic E-state index is 0.0107. The van der Waals surface area contributed by atoms with Gasteiger partial charge in [-0.15, -0.1) is 5.10 Å². The van der Waals surface area contributed by atoms with E-state index in [0.29, 0.717) is 41.3 Å². The van der Waals surface area contributed by atoms with Crippen molar-refractivity contribution in [1.82, 2.24) is 39.0 Å². The second-order valence-electron chi connectivity index (χ2n) is 9.32. The Balaban J connectivity index is 1.47. The highest BCUT2D eigenvalue weighted by Crippen LogP contribution is 2.31. The lowest BCUT2D eigenvalue weighted by atomic mass is 10.0. The number of aromatic nitrogens is 7. The van der Waals surface area contributed by atoms with Crippen LogP contribution in [0.25, 0.3) is 28.1 Å². The summed E-state index contributed by atoms with van der Waals surface area (Å²) in [6.45, 7) is 4.34. The Bertz CT molecular complexity index is 1600. The summed E-state index contributed by atoms with van der Waals surface area (Å²) < 4.78 is 28.2. The topological polar surface area (TPSA) is 168 Å². The number of pyridine rings is 2. The highest BCUT2D eigenvalue weighted by Gasteiger charge is 2.33. The van der Waals surface area contributed by atoms with Crippen molar-refractivity contribution in [3.63, 3.8) is 0 Å². The molecule has 0 aromatic carbocycles. The molecule has 0 unspecified atom stereocenters. The van der Waals surface area contributed by atoms with Crippen molar-refractivity contribution in [1.29, 1.82) is 5.26 Å². The van der Waals surface area contributed by atoms with Crippen LogP contribution in [-0.4, -0.2) is 84.1 Å². The molecule has 0 bridgehead atoms. The van der Waals surface area contributed by atoms with E-state index < -0.39 is 22.2 Å². The summed E-state index contributed by atoms with van der Waals surface area (Å²) in [5.74, 6) is 0.537. The number of hydrogen-bond donors (Lipinski definition) is 2. The van der Waals surface area contributed by atoms with Crippen molar-refractivity contribution in [3.05, 3.63) is 42.5 Å². The van der Waals surface area contributed by atoms with Gasteiger partial charge in [-0.25, -0.2) is 23.1 Å². The van der Waals surface area contributed by atoms with Gasteiger partial charge in [-0.05, 0) is 26.3 Å². The van der Waals surface area contributed by atoms with Crippen molar-refractivity contribution in [2.45, 2.75) is 38.5 Å². The number of nitrogens with one attached hydrogen (secondary N) is 1. The summed E-state index contributed by atoms with van der Waals surface area (Å²) in [5.41, 5.74) is 3.06. The molecule has 4 aromatic heterocycles. The van der Waals surface area contributed by atoms with Crippen LogP contribution in [0.1, 0.15) is 31.9 Å². The number of anilines is 1. The summed E-state index contributed by atoms with van der Waals surface area (Å²) in [7, 11) is -3.37. The molecule has 4 aromatic rings. The van der Waals surface area contributed by atoms with Crippen LogP contribution in [0.5, 0.6) is 0 Å². The lowest BCUT2D eigenvalue weighted by molar-refractivity contribution is 0.0514. The molecule has 5 rings (SSSR count). The van der Waals surface area contributed by atoms with E-state index in [0.717, 1.165) is 17.3 Å². The predicted octanol–water partition coefficient (Wildman–Crippen LogP) is 1.33. The summed E-state index contributed by atoms with van der Waals surface area (Å²) in [4.78, 5) is 8.96. The van der Waals surface area contributed by atoms with Crippen LogP contribution in [0.2, 0.25) is 0 Å². The van der Waals surface area contributed by atoms with Gasteiger partial charge in [0.05, 0.1) is 36.4 Å². The van der Waals surface area contributed by atoms with Gasteiger partial charge in [0.1, 0.15) is 11.8 Å². The van der Waals surface area contributed by atoms with Crippen LogP contribution in [0, 0.1) is 11.3 Å². The fraction of sp³-hybridized carbons (Fsp3) is 0.391. The third-order valence-corrected chi connectivity index (χ3v) is 7.46. The van der Waals surface area contributed by atoms with Crippen LogP contribution in [-0.2, 0) is 10.0 Å². The van der Waals surface area contributed by atoms with Gasteiger partial charge in [-0.2, -0.15) is 19.3 Å². The Morgan fingerprint density at radius 1 is 1.22 bits per heavy atom. The molecule has 14 heteroatoms. The first-order valence-corrected chi connectivity index (χ1v) is 13.5. The van der Waals surface area contributed by atoms with E-state index in [4.69, 9.17) is 5.26 Å². The molecular weight excluding hydrogens is 496 g/mol. The first-order chi connectivity index (χ1) is 17.6. The van der Waals surface area contributed by atoms with Crippen molar-refractivity contribution in [2.24, 2.45) is 0 Å². The molecule has 2 atom stereocenters. The maximum absolute atomic E-state index is 11.8. The molecule has 0 saturated carbocycles. The molecule has 0 aliphatic carbocycles. The molecule has 0 radical (unpaired) electrons. The van der Waals surface area contributed by atoms with Gasteiger partial charge < -0.3 is 10.4 Å². The maximum atomic E-state index is 11.8. The quantitative estimate of drug-likeness (QED) is 0.377. The molecule has 192 valence electrons. The summed E-state index contributed by atoms with van der Waals surface area (Å²) in [6, 6.07) is 5.36. The number of sulfonamides is 1. The first-order valence-electron chi connectivity index (χ1n) is 11.7. The number of aliphatic hydroxyl groups excluding tert-OH is 1. The zero-order valence-corrected chi connectivity index (χ0v) is 21.3. The smallest absolute Gasteiger partial charge is 0.211 e. The number of nitriles is 1. The Morgan fingerprint density at radius 3 is 2.73 bits per heavy atom. The minimum Gasteiger partial charge on any atom is -0.390 e. The SMILES string of the molecule is CC(C)Nc1cc(-n2ncc3cc(C#N)cnc32)ncc1-c1cn([C@H]2CCN(S(C)(=O)=O)C[C@H]2O)nn1. The number of aliphatic hydroxyl groups is 1. The van der Waals surface area contributed by atoms with Crippen molar-refractivity contribution < 1.29 is 13.5 Å². The fourth-order valence-corrected chi connectivity index (χ4v) is 5.27. The molecule has 2 N–H and O–H groups in total. The molecular formula is C23H26N10O3S. The molecule has 5 heterocycles. The minimum atomic E-state index is -3.37. The van der Waals surface area contributed by atoms with Crippen molar-refractivity contribution >= 4 is 26.7 Å². The van der Waals surface area contributed by atoms with Crippen molar-refractivity contribution in [2.75, 3.05) is 24.7 Å². The number of piperidine rings is 1. The lowest BCUT2D eigenvalue weighted by Gasteiger charge is -2.34. The van der Waals surface area contributed by atoms with Gasteiger partial charge in [-0.1, -0.05) is 5.21 Å². The summed E-state index contributed by atoms with van der Waals surface area (Å²) in [6.07, 6.45) is 7.19. The molecule has 1 aliphatic rings. The van der Waals surface area contributed by atoms with Gasteiger partial charge in [-0.3, -0.25) is 0 Å². The van der Waals surface area contributed by atoms with E-state index in [-0.39, 0.29) is 12.6 Å². The number of rotatable bonds is 6. The number of fused-ring (bicyclic) bond motifs is 1. The molecule has 0 amide bonds. The number of β-amino-alcohol motifs (C(OH)–C–C–N with tert-alkyl or cyclic N) is 1. The lowest BCUT2D eigenvalue weighted by Crippen LogP contribution is -2.46. The van der Waals surface area contributed by atoms with Crippen LogP contribution in [0.4, 0.5) is 5.69 Å². The molecule has 1 aliphatic heterocycles. The van der Waals surface area contributed by atoms with Gasteiger partial charge >= 0.3 is 0 Å². The highest BCUT2D eigenvalue weighted by atomic mass is 32.2. The Kier molecular flexibility index (Phi) is 6.36. The fourth-order valence-electron chi connectivity index (χ4n) is 4.41. The van der Waals surface area contributed by atoms with Crippen LogP contribution < -0.4 is 5.32 Å². The zero-order valence-electron chi connectivity index (χ0n) is 20.5. The van der Waals surface area contributed by atoms with Crippen LogP contribution >= 0.6 is 0 Å². The average Bonchev–Trinajstić information content (AvgIpc) is 3.50. The monoisotopic (exact) mass is 522 g/mol. The van der Waals surface area contributed by atoms with Gasteiger partial charge in [0, 0.05) is 54.2 Å². The molecule has 1 fully saturated rings. The molecule has 37 heavy (non-hydrogen) atoms. The third kappa shape index (κ3) is 4.88. The second-order valence-corrected chi connectivity index (χ2v) is 11.3. The van der Waals surface area contributed by atoms with Crippen LogP contribution in [0.3, 0.4) is 0 Å². The Hall–Kier alpha value is -3.93. The van der Waals surface area contributed by atoms with E-state index >= 15 is 0 Å². The predicted molar refractivity (Wildman–Crippen MR) is 135 cm³/mol. The Labute approximate surface area is 213 Å².